The van der Waals surface area contributed by atoms with Gasteiger partial charge in [-0.2, -0.15) is 0 Å². The summed E-state index contributed by atoms with van der Waals surface area (Å²) in [6.45, 7) is 2.64. The highest BCUT2D eigenvalue weighted by Crippen LogP contribution is 2.07. The Kier molecular flexibility index (Phi) is 13.2. The van der Waals surface area contributed by atoms with Crippen LogP contribution in [0.15, 0.2) is 12.2 Å². The van der Waals surface area contributed by atoms with E-state index in [4.69, 9.17) is 16.3 Å². The van der Waals surface area contributed by atoms with Crippen molar-refractivity contribution < 1.29 is 9.53 Å². The first kappa shape index (κ1) is 16.5. The van der Waals surface area contributed by atoms with Gasteiger partial charge in [0.1, 0.15) is 0 Å². The van der Waals surface area contributed by atoms with Crippen LogP contribution in [0.1, 0.15) is 58.3 Å². The molecule has 0 amide bonds. The van der Waals surface area contributed by atoms with E-state index in [1.54, 1.807) is 0 Å². The molecule has 0 rings (SSSR count). The van der Waals surface area contributed by atoms with Gasteiger partial charge in [-0.15, -0.1) is 11.6 Å². The number of ether oxygens (including phenoxy) is 1. The number of halogens is 1. The van der Waals surface area contributed by atoms with Crippen LogP contribution in [-0.4, -0.2) is 18.5 Å². The van der Waals surface area contributed by atoms with Crippen LogP contribution in [0.4, 0.5) is 0 Å². The third kappa shape index (κ3) is 13.4. The van der Waals surface area contributed by atoms with Crippen LogP contribution in [0.25, 0.3) is 0 Å². The molecule has 0 aliphatic heterocycles. The van der Waals surface area contributed by atoms with Crippen LogP contribution < -0.4 is 0 Å². The molecule has 0 radical (unpaired) electrons. The van der Waals surface area contributed by atoms with Gasteiger partial charge in [-0.3, -0.25) is 0 Å². The van der Waals surface area contributed by atoms with Crippen molar-refractivity contribution in [3.63, 3.8) is 0 Å². The summed E-state index contributed by atoms with van der Waals surface area (Å²) in [4.78, 5) is 11.1. The minimum absolute atomic E-state index is 0.249. The molecule has 0 aromatic carbocycles. The van der Waals surface area contributed by atoms with E-state index >= 15 is 0 Å². The van der Waals surface area contributed by atoms with E-state index in [0.29, 0.717) is 12.5 Å². The van der Waals surface area contributed by atoms with Gasteiger partial charge in [0.15, 0.2) is 0 Å². The molecule has 0 N–H and O–H groups in total. The van der Waals surface area contributed by atoms with Crippen molar-refractivity contribution in [2.24, 2.45) is 0 Å². The lowest BCUT2D eigenvalue weighted by atomic mass is 10.1. The number of carbonyl (C=O) groups is 1. The number of hydrogen-bond donors (Lipinski definition) is 0. The number of unbranched alkanes of at least 4 members (excludes halogenated alkanes) is 6. The minimum atomic E-state index is -0.249. The average molecular weight is 261 g/mol. The third-order valence-corrected chi connectivity index (χ3v) is 2.77. The maximum atomic E-state index is 11.1. The first-order valence-electron chi connectivity index (χ1n) is 6.70. The van der Waals surface area contributed by atoms with Gasteiger partial charge in [0, 0.05) is 12.0 Å². The van der Waals surface area contributed by atoms with Crippen molar-refractivity contribution in [2.75, 3.05) is 12.5 Å². The van der Waals surface area contributed by atoms with Crippen LogP contribution >= 0.6 is 11.6 Å². The minimum Gasteiger partial charge on any atom is -0.462 e. The molecule has 0 aromatic rings. The second-order valence-electron chi connectivity index (χ2n) is 4.17. The summed E-state index contributed by atoms with van der Waals surface area (Å²) >= 11 is 5.47. The van der Waals surface area contributed by atoms with Crippen molar-refractivity contribution in [1.82, 2.24) is 0 Å². The van der Waals surface area contributed by atoms with Crippen LogP contribution in [0.2, 0.25) is 0 Å². The molecule has 0 spiro atoms. The fourth-order valence-corrected chi connectivity index (χ4v) is 1.61. The number of hydrogen-bond acceptors (Lipinski definition) is 2. The highest BCUT2D eigenvalue weighted by atomic mass is 35.5. The molecular weight excluding hydrogens is 236 g/mol. The summed E-state index contributed by atoms with van der Waals surface area (Å²) in [7, 11) is 0. The lowest BCUT2D eigenvalue weighted by Gasteiger charge is -1.99. The Balaban J connectivity index is 3.25. The monoisotopic (exact) mass is 260 g/mol. The van der Waals surface area contributed by atoms with E-state index in [9.17, 15) is 4.79 Å². The summed E-state index contributed by atoms with van der Waals surface area (Å²) in [5.74, 6) is 0.287. The molecular formula is C14H25ClO2. The summed E-state index contributed by atoms with van der Waals surface area (Å²) in [6, 6.07) is 0. The van der Waals surface area contributed by atoms with Gasteiger partial charge in [0.05, 0.1) is 6.61 Å². The second-order valence-corrected chi connectivity index (χ2v) is 4.55. The molecule has 17 heavy (non-hydrogen) atoms. The molecule has 3 heteroatoms. The topological polar surface area (TPSA) is 26.3 Å². The van der Waals surface area contributed by atoms with Gasteiger partial charge in [0.2, 0.25) is 0 Å². The summed E-state index contributed by atoms with van der Waals surface area (Å²) < 4.78 is 4.93. The van der Waals surface area contributed by atoms with Crippen LogP contribution in [0.3, 0.4) is 0 Å². The molecule has 0 aliphatic carbocycles. The zero-order chi connectivity index (χ0) is 12.8. The van der Waals surface area contributed by atoms with Crippen molar-refractivity contribution in [2.45, 2.75) is 58.3 Å². The van der Waals surface area contributed by atoms with Crippen LogP contribution in [-0.2, 0) is 9.53 Å². The molecule has 0 saturated carbocycles. The summed E-state index contributed by atoms with van der Waals surface area (Å²) in [6.07, 6.45) is 12.8. The highest BCUT2D eigenvalue weighted by Gasteiger charge is 1.95. The third-order valence-electron chi connectivity index (χ3n) is 2.50. The van der Waals surface area contributed by atoms with E-state index in [1.165, 1.54) is 38.2 Å². The van der Waals surface area contributed by atoms with E-state index in [2.05, 4.69) is 6.92 Å². The van der Waals surface area contributed by atoms with Gasteiger partial charge in [-0.05, 0) is 19.3 Å². The van der Waals surface area contributed by atoms with Crippen molar-refractivity contribution in [3.8, 4) is 0 Å². The average Bonchev–Trinajstić information content (AvgIpc) is 2.33. The fourth-order valence-electron chi connectivity index (χ4n) is 1.50. The first-order valence-corrected chi connectivity index (χ1v) is 7.24. The Bertz CT molecular complexity index is 202. The molecule has 0 saturated heterocycles. The molecule has 2 nitrogen and oxygen atoms in total. The largest absolute Gasteiger partial charge is 0.462 e. The van der Waals surface area contributed by atoms with Crippen LogP contribution in [0.5, 0.6) is 0 Å². The predicted octanol–water partition coefficient (Wildman–Crippen LogP) is 4.47. The van der Waals surface area contributed by atoms with Gasteiger partial charge < -0.3 is 4.74 Å². The number of esters is 1. The number of rotatable bonds is 11. The zero-order valence-corrected chi connectivity index (χ0v) is 11.7. The maximum absolute atomic E-state index is 11.1. The van der Waals surface area contributed by atoms with Crippen molar-refractivity contribution >= 4 is 17.6 Å². The van der Waals surface area contributed by atoms with E-state index in [0.717, 1.165) is 19.3 Å². The number of alkyl halides is 1. The van der Waals surface area contributed by atoms with E-state index in [-0.39, 0.29) is 5.97 Å². The Morgan fingerprint density at radius 1 is 1.12 bits per heavy atom. The molecule has 0 aliphatic rings. The van der Waals surface area contributed by atoms with E-state index < -0.39 is 0 Å². The number of allylic oxidation sites excluding steroid dienone is 1. The maximum Gasteiger partial charge on any atom is 0.330 e. The lowest BCUT2D eigenvalue weighted by molar-refractivity contribution is -0.137. The summed E-state index contributed by atoms with van der Waals surface area (Å²) in [5, 5.41) is 0. The van der Waals surface area contributed by atoms with Gasteiger partial charge in [-0.1, -0.05) is 45.1 Å². The fraction of sp³-hybridized carbons (Fsp3) is 0.786. The Morgan fingerprint density at radius 2 is 1.82 bits per heavy atom. The summed E-state index contributed by atoms with van der Waals surface area (Å²) in [5.41, 5.74) is 0. The lowest BCUT2D eigenvalue weighted by Crippen LogP contribution is -2.02. The molecule has 0 unspecified atom stereocenters. The van der Waals surface area contributed by atoms with Gasteiger partial charge in [0.25, 0.3) is 0 Å². The van der Waals surface area contributed by atoms with Gasteiger partial charge >= 0.3 is 5.97 Å². The second kappa shape index (κ2) is 13.6. The molecule has 100 valence electrons. The Morgan fingerprint density at radius 3 is 2.53 bits per heavy atom. The normalized spacial score (nSPS) is 10.9. The Labute approximate surface area is 110 Å². The Hall–Kier alpha value is -0.500. The smallest absolute Gasteiger partial charge is 0.330 e. The molecule has 0 heterocycles. The number of carbonyl (C=O) groups excluding carboxylic acids is 1. The highest BCUT2D eigenvalue weighted by molar-refractivity contribution is 6.17. The van der Waals surface area contributed by atoms with Crippen LogP contribution in [0, 0.1) is 0 Å². The quantitative estimate of drug-likeness (QED) is 0.237. The molecule has 0 atom stereocenters. The van der Waals surface area contributed by atoms with Crippen molar-refractivity contribution in [1.29, 1.82) is 0 Å². The first-order chi connectivity index (χ1) is 8.31. The van der Waals surface area contributed by atoms with E-state index in [1.807, 2.05) is 6.08 Å². The standard InChI is InChI=1S/C14H25ClO2/c1-2-3-4-5-6-7-8-9-11-14(16)17-13-10-12-15/h9,11H,2-8,10,12-13H2,1H3. The zero-order valence-electron chi connectivity index (χ0n) is 10.9. The molecule has 0 aromatic heterocycles. The van der Waals surface area contributed by atoms with Crippen molar-refractivity contribution in [3.05, 3.63) is 12.2 Å². The van der Waals surface area contributed by atoms with Gasteiger partial charge in [-0.25, -0.2) is 4.79 Å². The molecule has 0 bridgehead atoms. The predicted molar refractivity (Wildman–Crippen MR) is 73.4 cm³/mol. The SMILES string of the molecule is CCCCCCCCC=CC(=O)OCCCCl. The molecule has 0 fully saturated rings.